The lowest BCUT2D eigenvalue weighted by Gasteiger charge is -2.21. The molecule has 0 fully saturated rings. The summed E-state index contributed by atoms with van der Waals surface area (Å²) in [4.78, 5) is 16.8. The van der Waals surface area contributed by atoms with Gasteiger partial charge in [-0.1, -0.05) is 19.9 Å². The number of amides is 1. The molecule has 2 aromatic rings. The first-order chi connectivity index (χ1) is 12.2. The first kappa shape index (κ1) is 19.9. The fourth-order valence-electron chi connectivity index (χ4n) is 2.61. The van der Waals surface area contributed by atoms with E-state index in [1.807, 2.05) is 6.07 Å². The number of pyridine rings is 1. The number of nitrogens with zero attached hydrogens (tertiary/aromatic N) is 1. The minimum absolute atomic E-state index is 0.108. The van der Waals surface area contributed by atoms with Crippen LogP contribution in [0.2, 0.25) is 0 Å². The third kappa shape index (κ3) is 5.03. The van der Waals surface area contributed by atoms with E-state index in [0.29, 0.717) is 12.3 Å². The van der Waals surface area contributed by atoms with Crippen LogP contribution in [0.25, 0.3) is 0 Å². The van der Waals surface area contributed by atoms with Gasteiger partial charge in [-0.3, -0.25) is 9.78 Å². The summed E-state index contributed by atoms with van der Waals surface area (Å²) < 4.78 is 28.4. The molecular weight excluding hydrogens is 354 g/mol. The molecule has 8 heteroatoms. The number of carbonyl (C=O) groups excluding carboxylic acids is 1. The van der Waals surface area contributed by atoms with E-state index in [1.54, 1.807) is 18.5 Å². The number of hydrogen-bond donors (Lipinski definition) is 2. The van der Waals surface area contributed by atoms with Crippen LogP contribution in [0.3, 0.4) is 0 Å². The molecule has 0 bridgehead atoms. The summed E-state index contributed by atoms with van der Waals surface area (Å²) in [5.74, 6) is 0.157. The van der Waals surface area contributed by atoms with Gasteiger partial charge < -0.3 is 10.1 Å². The van der Waals surface area contributed by atoms with Gasteiger partial charge in [-0.05, 0) is 42.2 Å². The minimum Gasteiger partial charge on any atom is -0.496 e. The average Bonchev–Trinajstić information content (AvgIpc) is 2.60. The molecule has 0 saturated carbocycles. The maximum Gasteiger partial charge on any atom is 0.255 e. The lowest BCUT2D eigenvalue weighted by molar-refractivity contribution is 0.0928. The Morgan fingerprint density at radius 2 is 2.04 bits per heavy atom. The molecule has 1 aromatic carbocycles. The molecule has 0 radical (unpaired) electrons. The zero-order chi connectivity index (χ0) is 19.3. The number of primary sulfonamides is 1. The number of aromatic nitrogens is 1. The van der Waals surface area contributed by atoms with Crippen molar-refractivity contribution in [2.24, 2.45) is 11.1 Å². The summed E-state index contributed by atoms with van der Waals surface area (Å²) in [6.07, 6.45) is 4.07. The molecule has 1 aromatic heterocycles. The summed E-state index contributed by atoms with van der Waals surface area (Å²) in [6.45, 7) is 4.11. The highest BCUT2D eigenvalue weighted by Crippen LogP contribution is 2.25. The molecule has 0 aliphatic rings. The Labute approximate surface area is 153 Å². The van der Waals surface area contributed by atoms with E-state index in [0.717, 1.165) is 5.56 Å². The van der Waals surface area contributed by atoms with Crippen LogP contribution in [0.5, 0.6) is 5.75 Å². The van der Waals surface area contributed by atoms with E-state index in [1.165, 1.54) is 25.3 Å². The maximum absolute atomic E-state index is 12.8. The number of ether oxygens (including phenoxy) is 1. The Hall–Kier alpha value is -2.45. The van der Waals surface area contributed by atoms with Gasteiger partial charge in [-0.2, -0.15) is 0 Å². The van der Waals surface area contributed by atoms with E-state index >= 15 is 0 Å². The van der Waals surface area contributed by atoms with Crippen LogP contribution in [-0.4, -0.2) is 26.4 Å². The molecule has 2 rings (SSSR count). The molecule has 26 heavy (non-hydrogen) atoms. The van der Waals surface area contributed by atoms with Crippen molar-refractivity contribution in [1.82, 2.24) is 10.3 Å². The Morgan fingerprint density at radius 1 is 1.31 bits per heavy atom. The van der Waals surface area contributed by atoms with Crippen molar-refractivity contribution < 1.29 is 17.9 Å². The van der Waals surface area contributed by atoms with Crippen LogP contribution in [-0.2, 0) is 10.0 Å². The van der Waals surface area contributed by atoms with E-state index in [2.05, 4.69) is 24.1 Å². The number of rotatable bonds is 7. The van der Waals surface area contributed by atoms with Crippen molar-refractivity contribution in [3.63, 3.8) is 0 Å². The third-order valence-electron chi connectivity index (χ3n) is 3.84. The monoisotopic (exact) mass is 377 g/mol. The molecule has 0 spiro atoms. The van der Waals surface area contributed by atoms with Crippen molar-refractivity contribution >= 4 is 15.9 Å². The van der Waals surface area contributed by atoms with Crippen LogP contribution >= 0.6 is 0 Å². The fourth-order valence-corrected chi connectivity index (χ4v) is 3.15. The van der Waals surface area contributed by atoms with E-state index in [9.17, 15) is 13.2 Å². The van der Waals surface area contributed by atoms with Crippen LogP contribution < -0.4 is 15.2 Å². The predicted octanol–water partition coefficient (Wildman–Crippen LogP) is 2.25. The molecule has 7 nitrogen and oxygen atoms in total. The second-order valence-corrected chi connectivity index (χ2v) is 7.91. The summed E-state index contributed by atoms with van der Waals surface area (Å²) in [5.41, 5.74) is 0.979. The Kier molecular flexibility index (Phi) is 6.33. The van der Waals surface area contributed by atoms with Crippen molar-refractivity contribution in [3.05, 3.63) is 53.9 Å². The minimum atomic E-state index is -3.93. The van der Waals surface area contributed by atoms with E-state index < -0.39 is 15.9 Å². The first-order valence-corrected chi connectivity index (χ1v) is 9.68. The summed E-state index contributed by atoms with van der Waals surface area (Å²) in [5, 5.41) is 8.11. The predicted molar refractivity (Wildman–Crippen MR) is 98.3 cm³/mol. The van der Waals surface area contributed by atoms with E-state index in [4.69, 9.17) is 9.88 Å². The summed E-state index contributed by atoms with van der Waals surface area (Å²) in [6, 6.07) is 7.36. The van der Waals surface area contributed by atoms with Crippen molar-refractivity contribution in [2.45, 2.75) is 31.2 Å². The van der Waals surface area contributed by atoms with Gasteiger partial charge in [0, 0.05) is 12.4 Å². The second kappa shape index (κ2) is 8.29. The lowest BCUT2D eigenvalue weighted by atomic mass is 9.97. The smallest absolute Gasteiger partial charge is 0.255 e. The lowest BCUT2D eigenvalue weighted by Crippen LogP contribution is -2.30. The molecule has 0 aliphatic heterocycles. The van der Waals surface area contributed by atoms with Crippen molar-refractivity contribution in [2.75, 3.05) is 7.11 Å². The number of benzene rings is 1. The van der Waals surface area contributed by atoms with Gasteiger partial charge in [0.25, 0.3) is 5.91 Å². The average molecular weight is 377 g/mol. The number of nitrogens with one attached hydrogen (secondary N) is 1. The van der Waals surface area contributed by atoms with Gasteiger partial charge in [0.15, 0.2) is 0 Å². The highest BCUT2D eigenvalue weighted by molar-refractivity contribution is 7.89. The molecular formula is C18H23N3O4S. The zero-order valence-corrected chi connectivity index (χ0v) is 15.8. The van der Waals surface area contributed by atoms with Gasteiger partial charge in [-0.25, -0.2) is 13.6 Å². The number of nitrogens with two attached hydrogens (primary N) is 1. The molecule has 1 heterocycles. The standard InChI is InChI=1S/C18H23N3O4S/c1-12(2)9-16(13-5-4-8-20-11-13)21-18(22)15-10-14(26(19,23)24)6-7-17(15)25-3/h4-8,10-12,16H,9H2,1-3H3,(H,21,22)(H2,19,23,24)/t16-/m1/s1. The van der Waals surface area contributed by atoms with Gasteiger partial charge in [0.05, 0.1) is 23.6 Å². The van der Waals surface area contributed by atoms with Gasteiger partial charge in [-0.15, -0.1) is 0 Å². The van der Waals surface area contributed by atoms with Gasteiger partial charge in [0.1, 0.15) is 5.75 Å². The molecule has 0 aliphatic carbocycles. The number of sulfonamides is 1. The third-order valence-corrected chi connectivity index (χ3v) is 4.75. The molecule has 0 unspecified atom stereocenters. The molecule has 1 atom stereocenters. The quantitative estimate of drug-likeness (QED) is 0.769. The van der Waals surface area contributed by atoms with Gasteiger partial charge >= 0.3 is 0 Å². The van der Waals surface area contributed by atoms with Gasteiger partial charge in [0.2, 0.25) is 10.0 Å². The van der Waals surface area contributed by atoms with Crippen molar-refractivity contribution in [1.29, 1.82) is 0 Å². The van der Waals surface area contributed by atoms with Crippen LogP contribution in [0.15, 0.2) is 47.6 Å². The van der Waals surface area contributed by atoms with E-state index in [-0.39, 0.29) is 22.3 Å². The van der Waals surface area contributed by atoms with Crippen molar-refractivity contribution in [3.8, 4) is 5.75 Å². The normalized spacial score (nSPS) is 12.7. The molecule has 3 N–H and O–H groups in total. The summed E-state index contributed by atoms with van der Waals surface area (Å²) in [7, 11) is -2.52. The van der Waals surface area contributed by atoms with Crippen LogP contribution in [0, 0.1) is 5.92 Å². The topological polar surface area (TPSA) is 111 Å². The van der Waals surface area contributed by atoms with Crippen LogP contribution in [0.1, 0.15) is 42.2 Å². The zero-order valence-electron chi connectivity index (χ0n) is 15.0. The highest BCUT2D eigenvalue weighted by Gasteiger charge is 2.21. The Balaban J connectivity index is 2.37. The second-order valence-electron chi connectivity index (χ2n) is 6.35. The first-order valence-electron chi connectivity index (χ1n) is 8.14. The van der Waals surface area contributed by atoms with Crippen LogP contribution in [0.4, 0.5) is 0 Å². The Bertz CT molecular complexity index is 867. The number of carbonyl (C=O) groups is 1. The number of hydrogen-bond acceptors (Lipinski definition) is 5. The summed E-state index contributed by atoms with van der Waals surface area (Å²) >= 11 is 0. The Morgan fingerprint density at radius 3 is 2.58 bits per heavy atom. The maximum atomic E-state index is 12.8. The molecule has 140 valence electrons. The number of methoxy groups -OCH3 is 1. The molecule has 0 saturated heterocycles. The molecule has 1 amide bonds. The largest absolute Gasteiger partial charge is 0.496 e. The fraction of sp³-hybridized carbons (Fsp3) is 0.333. The highest BCUT2D eigenvalue weighted by atomic mass is 32.2. The SMILES string of the molecule is COc1ccc(S(N)(=O)=O)cc1C(=O)N[C@H](CC(C)C)c1cccnc1.